The van der Waals surface area contributed by atoms with E-state index in [4.69, 9.17) is 20.9 Å². The van der Waals surface area contributed by atoms with E-state index in [-0.39, 0.29) is 22.9 Å². The molecular formula is C24H12F8N2O3. The molecule has 4 aromatic rings. The summed E-state index contributed by atoms with van der Waals surface area (Å²) in [6, 6.07) is 9.51. The first kappa shape index (κ1) is 25.4. The van der Waals surface area contributed by atoms with Gasteiger partial charge in [-0.05, 0) is 48.5 Å². The van der Waals surface area contributed by atoms with Crippen LogP contribution in [0.15, 0.2) is 48.5 Å². The minimum Gasteiger partial charge on any atom is -0.451 e. The van der Waals surface area contributed by atoms with Crippen molar-refractivity contribution in [1.29, 1.82) is 0 Å². The molecule has 0 fully saturated rings. The van der Waals surface area contributed by atoms with Gasteiger partial charge in [-0.3, -0.25) is 0 Å². The van der Waals surface area contributed by atoms with Crippen molar-refractivity contribution in [3.63, 3.8) is 0 Å². The number of hydrogen-bond donors (Lipinski definition) is 2. The number of hydrogen-bond acceptors (Lipinski definition) is 5. The van der Waals surface area contributed by atoms with Crippen LogP contribution in [0.2, 0.25) is 0 Å². The van der Waals surface area contributed by atoms with Gasteiger partial charge in [0.2, 0.25) is 69.5 Å². The molecule has 0 amide bonds. The number of rotatable bonds is 6. The van der Waals surface area contributed by atoms with Crippen molar-refractivity contribution in [2.75, 3.05) is 11.5 Å². The third kappa shape index (κ3) is 4.75. The monoisotopic (exact) mass is 528 g/mol. The number of anilines is 2. The number of nitrogen functional groups attached to an aromatic ring is 2. The van der Waals surface area contributed by atoms with E-state index in [9.17, 15) is 35.1 Å². The van der Waals surface area contributed by atoms with Gasteiger partial charge in [0.25, 0.3) is 0 Å². The van der Waals surface area contributed by atoms with E-state index in [2.05, 4.69) is 4.74 Å². The SMILES string of the molecule is Nc1ccc(Oc2c(F)c(F)c(Oc3c(F)c(F)c(Oc4ccc(N)cc4)c(F)c3F)c(F)c2F)cc1. The third-order valence-electron chi connectivity index (χ3n) is 4.77. The molecule has 0 aromatic heterocycles. The fourth-order valence-corrected chi connectivity index (χ4v) is 2.95. The van der Waals surface area contributed by atoms with Crippen LogP contribution in [-0.2, 0) is 0 Å². The van der Waals surface area contributed by atoms with E-state index in [1.165, 1.54) is 24.3 Å². The molecule has 13 heteroatoms. The minimum atomic E-state index is -2.31. The molecule has 0 aliphatic heterocycles. The number of nitrogens with two attached hydrogens (primary N) is 2. The second-order valence-electron chi connectivity index (χ2n) is 7.27. The molecule has 0 saturated carbocycles. The van der Waals surface area contributed by atoms with Crippen LogP contribution in [0.4, 0.5) is 46.5 Å². The van der Waals surface area contributed by atoms with Crippen molar-refractivity contribution in [3.8, 4) is 34.5 Å². The molecule has 4 rings (SSSR count). The molecule has 0 bridgehead atoms. The van der Waals surface area contributed by atoms with E-state index in [0.717, 1.165) is 24.3 Å². The zero-order valence-electron chi connectivity index (χ0n) is 18.0. The standard InChI is InChI=1S/C24H12F8N2O3/c25-13-17(29)23(18(30)14(26)21(13)35-11-5-1-9(33)2-6-11)37-24-19(31)15(27)22(16(28)20(24)32)36-12-7-3-10(34)4-8-12/h1-8H,33-34H2. The first-order valence-corrected chi connectivity index (χ1v) is 9.96. The molecule has 0 aliphatic rings. The van der Waals surface area contributed by atoms with Crippen LogP contribution in [0.1, 0.15) is 0 Å². The Hall–Kier alpha value is -4.68. The van der Waals surface area contributed by atoms with Crippen LogP contribution in [0.25, 0.3) is 0 Å². The maximum absolute atomic E-state index is 14.5. The van der Waals surface area contributed by atoms with Gasteiger partial charge in [0, 0.05) is 11.4 Å². The Labute approximate surface area is 202 Å². The lowest BCUT2D eigenvalue weighted by atomic mass is 10.2. The zero-order chi connectivity index (χ0) is 27.0. The molecule has 0 saturated heterocycles. The van der Waals surface area contributed by atoms with Gasteiger partial charge in [-0.2, -0.15) is 35.1 Å². The first-order chi connectivity index (χ1) is 17.5. The van der Waals surface area contributed by atoms with Crippen LogP contribution in [0.3, 0.4) is 0 Å². The quantitative estimate of drug-likeness (QED) is 0.156. The highest BCUT2D eigenvalue weighted by Crippen LogP contribution is 2.43. The van der Waals surface area contributed by atoms with Crippen molar-refractivity contribution in [1.82, 2.24) is 0 Å². The average Bonchev–Trinajstić information content (AvgIpc) is 2.88. The fourth-order valence-electron chi connectivity index (χ4n) is 2.95. The third-order valence-corrected chi connectivity index (χ3v) is 4.77. The van der Waals surface area contributed by atoms with Crippen molar-refractivity contribution >= 4 is 11.4 Å². The van der Waals surface area contributed by atoms with Crippen LogP contribution >= 0.6 is 0 Å². The van der Waals surface area contributed by atoms with E-state index >= 15 is 0 Å². The van der Waals surface area contributed by atoms with Gasteiger partial charge >= 0.3 is 0 Å². The summed E-state index contributed by atoms with van der Waals surface area (Å²) in [7, 11) is 0. The van der Waals surface area contributed by atoms with Crippen LogP contribution in [-0.4, -0.2) is 0 Å². The minimum absolute atomic E-state index is 0.239. The highest BCUT2D eigenvalue weighted by Gasteiger charge is 2.33. The zero-order valence-corrected chi connectivity index (χ0v) is 18.0. The summed E-state index contributed by atoms with van der Waals surface area (Å²) in [5, 5.41) is 0. The second-order valence-corrected chi connectivity index (χ2v) is 7.27. The van der Waals surface area contributed by atoms with E-state index in [1.54, 1.807) is 0 Å². The first-order valence-electron chi connectivity index (χ1n) is 9.96. The van der Waals surface area contributed by atoms with Crippen molar-refractivity contribution in [3.05, 3.63) is 95.1 Å². The Kier molecular flexibility index (Phi) is 6.70. The van der Waals surface area contributed by atoms with Crippen molar-refractivity contribution in [2.45, 2.75) is 0 Å². The highest BCUT2D eigenvalue weighted by atomic mass is 19.2. The van der Waals surface area contributed by atoms with Gasteiger partial charge in [0.15, 0.2) is 0 Å². The number of halogens is 8. The Balaban J connectivity index is 1.73. The molecule has 192 valence electrons. The number of benzene rings is 4. The van der Waals surface area contributed by atoms with Gasteiger partial charge in [0.05, 0.1) is 0 Å². The van der Waals surface area contributed by atoms with Gasteiger partial charge in [-0.15, -0.1) is 0 Å². The van der Waals surface area contributed by atoms with Gasteiger partial charge in [-0.1, -0.05) is 0 Å². The molecule has 37 heavy (non-hydrogen) atoms. The molecule has 0 atom stereocenters. The molecule has 0 unspecified atom stereocenters. The summed E-state index contributed by atoms with van der Waals surface area (Å²) in [6.07, 6.45) is 0. The maximum Gasteiger partial charge on any atom is 0.208 e. The number of ether oxygens (including phenoxy) is 3. The van der Waals surface area contributed by atoms with E-state index in [0.29, 0.717) is 0 Å². The summed E-state index contributed by atoms with van der Waals surface area (Å²) in [6.45, 7) is 0. The van der Waals surface area contributed by atoms with E-state index < -0.39 is 69.5 Å². The maximum atomic E-state index is 14.5. The largest absolute Gasteiger partial charge is 0.451 e. The molecular weight excluding hydrogens is 516 g/mol. The van der Waals surface area contributed by atoms with Crippen LogP contribution in [0, 0.1) is 46.5 Å². The Bertz CT molecular complexity index is 1330. The predicted molar refractivity (Wildman–Crippen MR) is 114 cm³/mol. The Morgan fingerprint density at radius 3 is 0.811 bits per heavy atom. The summed E-state index contributed by atoms with van der Waals surface area (Å²) in [5.74, 6) is -25.7. The van der Waals surface area contributed by atoms with Crippen LogP contribution in [0.5, 0.6) is 34.5 Å². The average molecular weight is 528 g/mol. The predicted octanol–water partition coefficient (Wildman–Crippen LogP) is 7.34. The molecule has 5 nitrogen and oxygen atoms in total. The summed E-state index contributed by atoms with van der Waals surface area (Å²) >= 11 is 0. The van der Waals surface area contributed by atoms with Gasteiger partial charge in [-0.25, -0.2) is 0 Å². The lowest BCUT2D eigenvalue weighted by Crippen LogP contribution is -2.08. The van der Waals surface area contributed by atoms with Crippen LogP contribution < -0.4 is 25.7 Å². The molecule has 0 radical (unpaired) electrons. The van der Waals surface area contributed by atoms with Gasteiger partial charge < -0.3 is 25.7 Å². The topological polar surface area (TPSA) is 79.7 Å². The van der Waals surface area contributed by atoms with Gasteiger partial charge in [0.1, 0.15) is 11.5 Å². The Morgan fingerprint density at radius 1 is 0.351 bits per heavy atom. The lowest BCUT2D eigenvalue weighted by Gasteiger charge is -2.16. The highest BCUT2D eigenvalue weighted by molar-refractivity contribution is 5.48. The lowest BCUT2D eigenvalue weighted by molar-refractivity contribution is 0.299. The summed E-state index contributed by atoms with van der Waals surface area (Å²) in [4.78, 5) is 0. The fraction of sp³-hybridized carbons (Fsp3) is 0. The smallest absolute Gasteiger partial charge is 0.208 e. The summed E-state index contributed by atoms with van der Waals surface area (Å²) in [5.41, 5.74) is 11.4. The van der Waals surface area contributed by atoms with Crippen molar-refractivity contribution < 1.29 is 49.3 Å². The molecule has 0 spiro atoms. The normalized spacial score (nSPS) is 10.9. The van der Waals surface area contributed by atoms with Crippen molar-refractivity contribution in [2.24, 2.45) is 0 Å². The van der Waals surface area contributed by atoms with E-state index in [1.807, 2.05) is 0 Å². The molecule has 0 heterocycles. The summed E-state index contributed by atoms with van der Waals surface area (Å²) < 4.78 is 130. The molecule has 4 N–H and O–H groups in total. The Morgan fingerprint density at radius 2 is 0.568 bits per heavy atom. The molecule has 0 aliphatic carbocycles. The molecule has 4 aromatic carbocycles. The second kappa shape index (κ2) is 9.76.